The molecular weight excluding hydrogens is 316 g/mol. The Labute approximate surface area is 118 Å². The van der Waals surface area contributed by atoms with Gasteiger partial charge in [0.15, 0.2) is 0 Å². The van der Waals surface area contributed by atoms with E-state index in [2.05, 4.69) is 50.3 Å². The molecule has 2 nitrogen and oxygen atoms in total. The van der Waals surface area contributed by atoms with Gasteiger partial charge >= 0.3 is 0 Å². The number of aryl methyl sites for hydroxylation is 1. The summed E-state index contributed by atoms with van der Waals surface area (Å²) in [5.41, 5.74) is 2.91. The van der Waals surface area contributed by atoms with E-state index >= 15 is 0 Å². The van der Waals surface area contributed by atoms with Crippen LogP contribution < -0.4 is 11.3 Å². The van der Waals surface area contributed by atoms with Crippen LogP contribution in [0.1, 0.15) is 28.6 Å². The molecule has 17 heavy (non-hydrogen) atoms. The van der Waals surface area contributed by atoms with Crippen LogP contribution in [-0.4, -0.2) is 0 Å². The Morgan fingerprint density at radius 3 is 2.76 bits per heavy atom. The van der Waals surface area contributed by atoms with Gasteiger partial charge in [-0.25, -0.2) is 0 Å². The van der Waals surface area contributed by atoms with Gasteiger partial charge in [0, 0.05) is 14.2 Å². The summed E-state index contributed by atoms with van der Waals surface area (Å²) in [4.78, 5) is 2.74. The van der Waals surface area contributed by atoms with Crippen LogP contribution in [0, 0.1) is 0 Å². The van der Waals surface area contributed by atoms with E-state index in [0.717, 1.165) is 23.7 Å². The predicted molar refractivity (Wildman–Crippen MR) is 79.3 cm³/mol. The number of thiophene rings is 2. The zero-order chi connectivity index (χ0) is 12.1. The highest BCUT2D eigenvalue weighted by molar-refractivity contribution is 9.10. The third-order valence-electron chi connectivity index (χ3n) is 2.66. The molecule has 0 amide bonds. The van der Waals surface area contributed by atoms with Crippen molar-refractivity contribution in [3.63, 3.8) is 0 Å². The lowest BCUT2D eigenvalue weighted by Gasteiger charge is -2.14. The second kappa shape index (κ2) is 6.66. The summed E-state index contributed by atoms with van der Waals surface area (Å²) >= 11 is 7.12. The maximum absolute atomic E-state index is 5.63. The van der Waals surface area contributed by atoms with Crippen molar-refractivity contribution in [1.29, 1.82) is 0 Å². The maximum Gasteiger partial charge on any atom is 0.0564 e. The van der Waals surface area contributed by atoms with Crippen LogP contribution in [0.5, 0.6) is 0 Å². The van der Waals surface area contributed by atoms with Gasteiger partial charge in [-0.3, -0.25) is 11.3 Å². The van der Waals surface area contributed by atoms with Crippen LogP contribution in [0.3, 0.4) is 0 Å². The van der Waals surface area contributed by atoms with Crippen LogP contribution >= 0.6 is 38.6 Å². The average molecular weight is 331 g/mol. The lowest BCUT2D eigenvalue weighted by atomic mass is 10.1. The first-order valence-electron chi connectivity index (χ1n) is 5.52. The zero-order valence-electron chi connectivity index (χ0n) is 9.36. The SMILES string of the molecule is NNC(CCCc1cccs1)c1sccc1Br. The Balaban J connectivity index is 1.86. The molecule has 0 aliphatic heterocycles. The lowest BCUT2D eigenvalue weighted by Crippen LogP contribution is -2.27. The minimum absolute atomic E-state index is 0.254. The van der Waals surface area contributed by atoms with Gasteiger partial charge < -0.3 is 0 Å². The lowest BCUT2D eigenvalue weighted by molar-refractivity contribution is 0.505. The smallest absolute Gasteiger partial charge is 0.0564 e. The fourth-order valence-corrected chi connectivity index (χ4v) is 4.28. The minimum atomic E-state index is 0.254. The molecule has 1 unspecified atom stereocenters. The molecule has 2 aromatic rings. The molecule has 0 radical (unpaired) electrons. The van der Waals surface area contributed by atoms with Gasteiger partial charge in [-0.15, -0.1) is 22.7 Å². The fraction of sp³-hybridized carbons (Fsp3) is 0.333. The van der Waals surface area contributed by atoms with Gasteiger partial charge in [0.05, 0.1) is 6.04 Å². The Morgan fingerprint density at radius 1 is 1.29 bits per heavy atom. The number of hydrazine groups is 1. The molecule has 2 rings (SSSR count). The summed E-state index contributed by atoms with van der Waals surface area (Å²) in [5, 5.41) is 4.22. The van der Waals surface area contributed by atoms with E-state index in [9.17, 15) is 0 Å². The summed E-state index contributed by atoms with van der Waals surface area (Å²) in [6.07, 6.45) is 3.35. The largest absolute Gasteiger partial charge is 0.271 e. The van der Waals surface area contributed by atoms with E-state index in [0.29, 0.717) is 0 Å². The second-order valence-corrected chi connectivity index (χ2v) is 6.66. The highest BCUT2D eigenvalue weighted by Gasteiger charge is 2.14. The maximum atomic E-state index is 5.63. The number of rotatable bonds is 6. The highest BCUT2D eigenvalue weighted by Crippen LogP contribution is 2.31. The molecule has 0 aliphatic carbocycles. The third-order valence-corrected chi connectivity index (χ3v) is 5.58. The minimum Gasteiger partial charge on any atom is -0.271 e. The Kier molecular flexibility index (Phi) is 5.18. The van der Waals surface area contributed by atoms with Gasteiger partial charge in [-0.2, -0.15) is 0 Å². The van der Waals surface area contributed by atoms with E-state index in [1.807, 2.05) is 11.3 Å². The van der Waals surface area contributed by atoms with Crippen LogP contribution in [0.4, 0.5) is 0 Å². The van der Waals surface area contributed by atoms with Crippen LogP contribution in [-0.2, 0) is 6.42 Å². The molecule has 2 aromatic heterocycles. The summed E-state index contributed by atoms with van der Waals surface area (Å²) < 4.78 is 1.15. The molecule has 2 heterocycles. The molecule has 0 aliphatic rings. The van der Waals surface area contributed by atoms with Crippen molar-refractivity contribution in [2.75, 3.05) is 0 Å². The van der Waals surface area contributed by atoms with Crippen LogP contribution in [0.15, 0.2) is 33.4 Å². The molecule has 5 heteroatoms. The molecular formula is C12H15BrN2S2. The molecule has 0 spiro atoms. The number of halogens is 1. The first-order valence-corrected chi connectivity index (χ1v) is 8.08. The van der Waals surface area contributed by atoms with Crippen molar-refractivity contribution < 1.29 is 0 Å². The van der Waals surface area contributed by atoms with Gasteiger partial charge in [-0.05, 0) is 58.1 Å². The van der Waals surface area contributed by atoms with E-state index in [1.165, 1.54) is 9.75 Å². The molecule has 1 atom stereocenters. The number of hydrogen-bond donors (Lipinski definition) is 2. The summed E-state index contributed by atoms with van der Waals surface area (Å²) in [6.45, 7) is 0. The van der Waals surface area contributed by atoms with E-state index in [4.69, 9.17) is 5.84 Å². The van der Waals surface area contributed by atoms with Gasteiger partial charge in [0.25, 0.3) is 0 Å². The topological polar surface area (TPSA) is 38.0 Å². The Hall–Kier alpha value is -0.200. The Bertz CT molecular complexity index is 439. The number of nitrogens with two attached hydrogens (primary N) is 1. The first-order chi connectivity index (χ1) is 8.31. The zero-order valence-corrected chi connectivity index (χ0v) is 12.6. The molecule has 92 valence electrons. The van der Waals surface area contributed by atoms with Crippen molar-refractivity contribution in [3.05, 3.63) is 43.2 Å². The van der Waals surface area contributed by atoms with Crippen molar-refractivity contribution >= 4 is 38.6 Å². The monoisotopic (exact) mass is 330 g/mol. The molecule has 3 N–H and O–H groups in total. The number of nitrogens with one attached hydrogen (secondary N) is 1. The van der Waals surface area contributed by atoms with E-state index in [-0.39, 0.29) is 6.04 Å². The molecule has 0 bridgehead atoms. The molecule has 0 saturated heterocycles. The first kappa shape index (κ1) is 13.2. The molecule has 0 aromatic carbocycles. The van der Waals surface area contributed by atoms with Crippen molar-refractivity contribution in [3.8, 4) is 0 Å². The van der Waals surface area contributed by atoms with Gasteiger partial charge in [0.1, 0.15) is 0 Å². The summed E-state index contributed by atoms with van der Waals surface area (Å²) in [7, 11) is 0. The van der Waals surface area contributed by atoms with E-state index in [1.54, 1.807) is 11.3 Å². The van der Waals surface area contributed by atoms with Gasteiger partial charge in [-0.1, -0.05) is 6.07 Å². The number of hydrogen-bond acceptors (Lipinski definition) is 4. The van der Waals surface area contributed by atoms with Gasteiger partial charge in [0.2, 0.25) is 0 Å². The molecule has 0 saturated carbocycles. The summed E-state index contributed by atoms with van der Waals surface area (Å²) in [5.74, 6) is 5.63. The standard InChI is InChI=1S/C12H15BrN2S2/c13-10-6-8-17-12(10)11(15-14)5-1-3-9-4-2-7-16-9/h2,4,6-8,11,15H,1,3,5,14H2. The highest BCUT2D eigenvalue weighted by atomic mass is 79.9. The Morgan fingerprint density at radius 2 is 2.18 bits per heavy atom. The quantitative estimate of drug-likeness (QED) is 0.618. The average Bonchev–Trinajstić information content (AvgIpc) is 2.96. The van der Waals surface area contributed by atoms with Crippen molar-refractivity contribution in [2.45, 2.75) is 25.3 Å². The van der Waals surface area contributed by atoms with Crippen molar-refractivity contribution in [2.24, 2.45) is 5.84 Å². The normalized spacial score (nSPS) is 12.8. The van der Waals surface area contributed by atoms with Crippen LogP contribution in [0.25, 0.3) is 0 Å². The van der Waals surface area contributed by atoms with Crippen molar-refractivity contribution in [1.82, 2.24) is 5.43 Å². The second-order valence-electron chi connectivity index (χ2n) is 3.82. The third kappa shape index (κ3) is 3.63. The van der Waals surface area contributed by atoms with E-state index < -0.39 is 0 Å². The predicted octanol–water partition coefficient (Wildman–Crippen LogP) is 4.10. The summed E-state index contributed by atoms with van der Waals surface area (Å²) in [6, 6.07) is 6.62. The fourth-order valence-electron chi connectivity index (χ4n) is 1.78. The van der Waals surface area contributed by atoms with Crippen LogP contribution in [0.2, 0.25) is 0 Å². The molecule has 0 fully saturated rings.